The first kappa shape index (κ1) is 44.6. The molecule has 2 aromatic rings. The quantitative estimate of drug-likeness (QED) is 0.0881. The summed E-state index contributed by atoms with van der Waals surface area (Å²) in [6.45, 7) is 14.6. The van der Waals surface area contributed by atoms with Crippen molar-refractivity contribution >= 4 is 17.8 Å². The van der Waals surface area contributed by atoms with Gasteiger partial charge in [0.05, 0.1) is 0 Å². The number of rotatable bonds is 22. The number of methoxy groups -OCH3 is 3. The highest BCUT2D eigenvalue weighted by atomic mass is 16.5. The number of aryl methyl sites for hydroxylation is 1. The van der Waals surface area contributed by atoms with E-state index in [1.165, 1.54) is 38.5 Å². The average molecular weight is 746 g/mol. The van der Waals surface area contributed by atoms with Crippen LogP contribution >= 0.6 is 0 Å². The van der Waals surface area contributed by atoms with Crippen molar-refractivity contribution in [3.8, 4) is 0 Å². The van der Waals surface area contributed by atoms with Crippen LogP contribution in [-0.4, -0.2) is 105 Å². The van der Waals surface area contributed by atoms with Crippen LogP contribution in [-0.2, 0) is 30.1 Å². The summed E-state index contributed by atoms with van der Waals surface area (Å²) >= 11 is 0. The highest BCUT2D eigenvalue weighted by molar-refractivity contribution is 5.38. The Morgan fingerprint density at radius 1 is 0.528 bits per heavy atom. The van der Waals surface area contributed by atoms with Crippen LogP contribution in [0.4, 0.5) is 17.8 Å². The Morgan fingerprint density at radius 3 is 1.40 bits per heavy atom. The van der Waals surface area contributed by atoms with E-state index in [2.05, 4.69) is 44.6 Å². The molecule has 0 atom stereocenters. The van der Waals surface area contributed by atoms with Crippen molar-refractivity contribution < 1.29 is 23.7 Å². The Balaban J connectivity index is 0.000000287. The van der Waals surface area contributed by atoms with Crippen molar-refractivity contribution in [1.82, 2.24) is 29.9 Å². The molecule has 0 saturated heterocycles. The molecule has 0 aromatic carbocycles. The van der Waals surface area contributed by atoms with Crippen LogP contribution in [0.3, 0.4) is 0 Å². The molecule has 0 amide bonds. The zero-order valence-electron chi connectivity index (χ0n) is 34.5. The normalized spacial score (nSPS) is 20.1. The van der Waals surface area contributed by atoms with Crippen molar-refractivity contribution in [2.24, 2.45) is 11.8 Å². The fraction of sp³-hybridized carbons (Fsp3) is 0.846. The Hall–Kier alpha value is -2.78. The van der Waals surface area contributed by atoms with E-state index in [0.29, 0.717) is 69.9 Å². The largest absolute Gasteiger partial charge is 0.364 e. The molecule has 14 heteroatoms. The maximum Gasteiger partial charge on any atom is 0.234 e. The van der Waals surface area contributed by atoms with E-state index in [4.69, 9.17) is 43.6 Å². The maximum absolute atomic E-state index is 5.80. The van der Waals surface area contributed by atoms with E-state index in [9.17, 15) is 0 Å². The van der Waals surface area contributed by atoms with E-state index < -0.39 is 0 Å². The van der Waals surface area contributed by atoms with Gasteiger partial charge in [0.1, 0.15) is 51.1 Å². The van der Waals surface area contributed by atoms with Crippen LogP contribution in [0.1, 0.15) is 141 Å². The molecule has 4 rings (SSSR count). The van der Waals surface area contributed by atoms with Gasteiger partial charge in [-0.1, -0.05) is 73.1 Å². The van der Waals surface area contributed by atoms with Gasteiger partial charge in [0.25, 0.3) is 0 Å². The van der Waals surface area contributed by atoms with Gasteiger partial charge in [-0.05, 0) is 50.4 Å². The van der Waals surface area contributed by atoms with Gasteiger partial charge in [0.15, 0.2) is 0 Å². The standard InChI is InChI=1S/C20H37N5O3.C19H34N4O2/c1-6-7-12-28-15-25(14-27-5)20-22-18(17-10-8-16(2)9-11-17)21-19(23-20)24(3)13-26-4;1-5-7-12-25-14-23(13-24-4)19-21-17(6-2)20-18(22-19)16-10-8-15(3)9-11-16/h16-17H,6-15H2,1-5H3;15-16H,5-14H2,1-4H3. The minimum Gasteiger partial charge on any atom is -0.364 e. The van der Waals surface area contributed by atoms with Gasteiger partial charge in [0, 0.05) is 59.8 Å². The highest BCUT2D eigenvalue weighted by Gasteiger charge is 2.26. The minimum atomic E-state index is 0.366. The Labute approximate surface area is 320 Å². The number of hydrogen-bond acceptors (Lipinski definition) is 14. The number of unbranched alkanes of at least 4 members (excludes halogenated alkanes) is 2. The van der Waals surface area contributed by atoms with Gasteiger partial charge >= 0.3 is 0 Å². The molecule has 0 bridgehead atoms. The van der Waals surface area contributed by atoms with Crippen molar-refractivity contribution in [3.05, 3.63) is 17.5 Å². The van der Waals surface area contributed by atoms with E-state index in [-0.39, 0.29) is 0 Å². The first-order valence-electron chi connectivity index (χ1n) is 20.1. The molecule has 2 aliphatic carbocycles. The fourth-order valence-electron chi connectivity index (χ4n) is 6.52. The molecule has 2 aliphatic rings. The third-order valence-corrected chi connectivity index (χ3v) is 9.97. The van der Waals surface area contributed by atoms with E-state index in [0.717, 1.165) is 80.9 Å². The fourth-order valence-corrected chi connectivity index (χ4v) is 6.52. The first-order chi connectivity index (χ1) is 25.8. The topological polar surface area (TPSA) is 133 Å². The van der Waals surface area contributed by atoms with Gasteiger partial charge in [0.2, 0.25) is 17.8 Å². The predicted octanol–water partition coefficient (Wildman–Crippen LogP) is 7.30. The second-order valence-electron chi connectivity index (χ2n) is 14.8. The molecule has 2 heterocycles. The lowest BCUT2D eigenvalue weighted by atomic mass is 9.82. The Bertz CT molecular complexity index is 1260. The number of anilines is 3. The summed E-state index contributed by atoms with van der Waals surface area (Å²) in [6, 6.07) is 0. The smallest absolute Gasteiger partial charge is 0.234 e. The van der Waals surface area contributed by atoms with E-state index in [1.54, 1.807) is 21.3 Å². The molecule has 0 N–H and O–H groups in total. The monoisotopic (exact) mass is 746 g/mol. The van der Waals surface area contributed by atoms with Crippen LogP contribution in [0.15, 0.2) is 0 Å². The maximum atomic E-state index is 5.80. The zero-order valence-corrected chi connectivity index (χ0v) is 34.5. The molecule has 0 spiro atoms. The SMILES string of the molecule is CCCCOCN(COC)c1nc(C2CCC(C)CC2)nc(N(C)COC)n1.CCCCOCN(COC)c1nc(CC)nc(C2CCC(C)CC2)n1. The van der Waals surface area contributed by atoms with Crippen LogP contribution in [0.5, 0.6) is 0 Å². The van der Waals surface area contributed by atoms with Crippen molar-refractivity contribution in [1.29, 1.82) is 0 Å². The molecule has 0 aliphatic heterocycles. The average Bonchev–Trinajstić information content (AvgIpc) is 3.17. The van der Waals surface area contributed by atoms with Gasteiger partial charge in [-0.15, -0.1) is 0 Å². The summed E-state index contributed by atoms with van der Waals surface area (Å²) in [5.74, 6) is 6.99. The summed E-state index contributed by atoms with van der Waals surface area (Å²) in [4.78, 5) is 34.1. The summed E-state index contributed by atoms with van der Waals surface area (Å²) in [7, 11) is 6.95. The van der Waals surface area contributed by atoms with Crippen LogP contribution in [0, 0.1) is 11.8 Å². The molecular weight excluding hydrogens is 674 g/mol. The summed E-state index contributed by atoms with van der Waals surface area (Å²) < 4.78 is 27.5. The molecule has 0 unspecified atom stereocenters. The highest BCUT2D eigenvalue weighted by Crippen LogP contribution is 2.36. The second-order valence-corrected chi connectivity index (χ2v) is 14.8. The number of ether oxygens (including phenoxy) is 5. The first-order valence-corrected chi connectivity index (χ1v) is 20.1. The molecule has 0 radical (unpaired) electrons. The third-order valence-electron chi connectivity index (χ3n) is 9.97. The van der Waals surface area contributed by atoms with Gasteiger partial charge in [-0.3, -0.25) is 9.80 Å². The number of hydrogen-bond donors (Lipinski definition) is 0. The molecule has 302 valence electrons. The molecule has 2 fully saturated rings. The molecule has 53 heavy (non-hydrogen) atoms. The van der Waals surface area contributed by atoms with E-state index >= 15 is 0 Å². The van der Waals surface area contributed by atoms with Crippen LogP contribution < -0.4 is 14.7 Å². The molecule has 14 nitrogen and oxygen atoms in total. The summed E-state index contributed by atoms with van der Waals surface area (Å²) in [6.07, 6.45) is 14.7. The molecule has 2 saturated carbocycles. The van der Waals surface area contributed by atoms with Crippen molar-refractivity contribution in [2.75, 3.05) is 89.9 Å². The Kier molecular flexibility index (Phi) is 21.3. The lowest BCUT2D eigenvalue weighted by Crippen LogP contribution is -2.32. The number of nitrogens with zero attached hydrogens (tertiary/aromatic N) is 9. The minimum absolute atomic E-state index is 0.366. The van der Waals surface area contributed by atoms with E-state index in [1.807, 2.05) is 21.7 Å². The third kappa shape index (κ3) is 15.5. The van der Waals surface area contributed by atoms with Crippen LogP contribution in [0.25, 0.3) is 0 Å². The van der Waals surface area contributed by atoms with Gasteiger partial charge in [-0.2, -0.15) is 24.9 Å². The lowest BCUT2D eigenvalue weighted by molar-refractivity contribution is 0.101. The lowest BCUT2D eigenvalue weighted by Gasteiger charge is -2.28. The summed E-state index contributed by atoms with van der Waals surface area (Å²) in [5, 5.41) is 0. The van der Waals surface area contributed by atoms with Crippen molar-refractivity contribution in [3.63, 3.8) is 0 Å². The van der Waals surface area contributed by atoms with Gasteiger partial charge < -0.3 is 28.6 Å². The van der Waals surface area contributed by atoms with Crippen molar-refractivity contribution in [2.45, 2.75) is 130 Å². The Morgan fingerprint density at radius 2 is 0.962 bits per heavy atom. The zero-order chi connectivity index (χ0) is 38.4. The van der Waals surface area contributed by atoms with Gasteiger partial charge in [-0.25, -0.2) is 4.98 Å². The summed E-state index contributed by atoms with van der Waals surface area (Å²) in [5.41, 5.74) is 0. The molecular formula is C39H71N9O5. The molecule has 2 aromatic heterocycles. The second kappa shape index (κ2) is 25.3. The number of aromatic nitrogens is 6. The predicted molar refractivity (Wildman–Crippen MR) is 210 cm³/mol. The van der Waals surface area contributed by atoms with Crippen LogP contribution in [0.2, 0.25) is 0 Å².